The Balaban J connectivity index is 1.14. The molecule has 1 saturated heterocycles. The van der Waals surface area contributed by atoms with Gasteiger partial charge in [-0.15, -0.1) is 0 Å². The topological polar surface area (TPSA) is 89.8 Å². The maximum Gasteiger partial charge on any atom is 0.407 e. The van der Waals surface area contributed by atoms with E-state index in [-0.39, 0.29) is 17.9 Å². The van der Waals surface area contributed by atoms with E-state index in [0.29, 0.717) is 26.2 Å². The molecule has 5 aromatic rings. The number of aromatic nitrogens is 2. The number of benzene rings is 3. The highest BCUT2D eigenvalue weighted by atomic mass is 16.5. The van der Waals surface area contributed by atoms with E-state index in [1.54, 1.807) is 0 Å². The van der Waals surface area contributed by atoms with Crippen molar-refractivity contribution in [3.8, 4) is 0 Å². The van der Waals surface area contributed by atoms with E-state index in [1.165, 1.54) is 5.52 Å². The molecule has 9 nitrogen and oxygen atoms in total. The molecule has 0 bridgehead atoms. The summed E-state index contributed by atoms with van der Waals surface area (Å²) >= 11 is 0. The zero-order valence-corrected chi connectivity index (χ0v) is 22.9. The lowest BCUT2D eigenvalue weighted by Gasteiger charge is -2.26. The monoisotopic (exact) mass is 551 g/mol. The first kappa shape index (κ1) is 24.7. The van der Waals surface area contributed by atoms with Crippen LogP contribution in [0.2, 0.25) is 0 Å². The summed E-state index contributed by atoms with van der Waals surface area (Å²) in [6.07, 6.45) is 0.515. The van der Waals surface area contributed by atoms with E-state index in [1.807, 2.05) is 6.07 Å². The van der Waals surface area contributed by atoms with Crippen LogP contribution in [0.25, 0.3) is 43.6 Å². The van der Waals surface area contributed by atoms with Gasteiger partial charge >= 0.3 is 6.09 Å². The van der Waals surface area contributed by atoms with Crippen molar-refractivity contribution < 1.29 is 19.1 Å². The number of fused-ring (bicyclic) bond motifs is 9. The van der Waals surface area contributed by atoms with Crippen LogP contribution in [0.1, 0.15) is 22.3 Å². The summed E-state index contributed by atoms with van der Waals surface area (Å²) in [7, 11) is 0. The molecule has 3 aromatic carbocycles. The number of hydrogen-bond donors (Lipinski definition) is 2. The van der Waals surface area contributed by atoms with Gasteiger partial charge in [0, 0.05) is 77.8 Å². The molecule has 2 aromatic heterocycles. The van der Waals surface area contributed by atoms with Gasteiger partial charge in [0.15, 0.2) is 0 Å². The van der Waals surface area contributed by atoms with Crippen molar-refractivity contribution in [2.45, 2.75) is 26.1 Å². The lowest BCUT2D eigenvalue weighted by molar-refractivity contribution is 0.0373. The van der Waals surface area contributed by atoms with Gasteiger partial charge in [-0.25, -0.2) is 4.79 Å². The van der Waals surface area contributed by atoms with Gasteiger partial charge in [0.1, 0.15) is 0 Å². The third-order valence-corrected chi connectivity index (χ3v) is 9.03. The Hall–Kier alpha value is -4.08. The van der Waals surface area contributed by atoms with Gasteiger partial charge < -0.3 is 29.2 Å². The van der Waals surface area contributed by atoms with Crippen LogP contribution in [0.5, 0.6) is 0 Å². The highest BCUT2D eigenvalue weighted by Gasteiger charge is 2.34. The van der Waals surface area contributed by atoms with Crippen molar-refractivity contribution in [2.75, 3.05) is 46.0 Å². The van der Waals surface area contributed by atoms with E-state index < -0.39 is 0 Å². The second-order valence-corrected chi connectivity index (χ2v) is 11.4. The Morgan fingerprint density at radius 1 is 0.951 bits per heavy atom. The predicted octanol–water partition coefficient (Wildman–Crippen LogP) is 4.22. The average Bonchev–Trinajstić information content (AvgIpc) is 3.60. The zero-order chi connectivity index (χ0) is 27.5. The van der Waals surface area contributed by atoms with E-state index in [0.717, 1.165) is 95.0 Å². The van der Waals surface area contributed by atoms with Gasteiger partial charge in [0.05, 0.1) is 36.4 Å². The van der Waals surface area contributed by atoms with Gasteiger partial charge in [-0.1, -0.05) is 36.4 Å². The number of amides is 2. The molecule has 5 heterocycles. The van der Waals surface area contributed by atoms with Crippen LogP contribution < -0.4 is 10.6 Å². The van der Waals surface area contributed by atoms with Crippen LogP contribution in [-0.4, -0.2) is 72.0 Å². The summed E-state index contributed by atoms with van der Waals surface area (Å²) in [6.45, 7) is 7.25. The van der Waals surface area contributed by atoms with E-state index in [9.17, 15) is 9.59 Å². The summed E-state index contributed by atoms with van der Waals surface area (Å²) in [5, 5.41) is 10.5. The quantitative estimate of drug-likeness (QED) is 0.309. The molecular weight excluding hydrogens is 518 g/mol. The molecule has 41 heavy (non-hydrogen) atoms. The van der Waals surface area contributed by atoms with E-state index in [2.05, 4.69) is 67.1 Å². The first-order chi connectivity index (χ1) is 20.2. The van der Waals surface area contributed by atoms with Crippen molar-refractivity contribution >= 4 is 55.6 Å². The molecule has 0 spiro atoms. The number of ether oxygens (including phenoxy) is 2. The maximum atomic E-state index is 13.3. The molecule has 9 heteroatoms. The Morgan fingerprint density at radius 2 is 1.61 bits per heavy atom. The molecule has 0 saturated carbocycles. The summed E-state index contributed by atoms with van der Waals surface area (Å²) < 4.78 is 16.0. The van der Waals surface area contributed by atoms with Gasteiger partial charge in [-0.05, 0) is 30.7 Å². The fourth-order valence-corrected chi connectivity index (χ4v) is 7.24. The number of morpholine rings is 1. The highest BCUT2D eigenvalue weighted by molar-refractivity contribution is 6.30. The minimum atomic E-state index is -0.366. The Morgan fingerprint density at radius 3 is 2.34 bits per heavy atom. The second kappa shape index (κ2) is 9.78. The van der Waals surface area contributed by atoms with Crippen molar-refractivity contribution in [3.63, 3.8) is 0 Å². The smallest absolute Gasteiger partial charge is 0.407 e. The maximum absolute atomic E-state index is 13.3. The van der Waals surface area contributed by atoms with Crippen LogP contribution in [0.3, 0.4) is 0 Å². The van der Waals surface area contributed by atoms with Gasteiger partial charge in [0.25, 0.3) is 5.91 Å². The molecule has 0 aliphatic carbocycles. The van der Waals surface area contributed by atoms with E-state index in [4.69, 9.17) is 9.47 Å². The molecule has 3 aliphatic heterocycles. The van der Waals surface area contributed by atoms with Crippen LogP contribution >= 0.6 is 0 Å². The molecule has 2 N–H and O–H groups in total. The van der Waals surface area contributed by atoms with Crippen LogP contribution in [0.15, 0.2) is 48.5 Å². The highest BCUT2D eigenvalue weighted by Crippen LogP contribution is 2.46. The molecule has 1 unspecified atom stereocenters. The number of carbonyl (C=O) groups is 2. The largest absolute Gasteiger partial charge is 0.449 e. The second-order valence-electron chi connectivity index (χ2n) is 11.4. The molecule has 210 valence electrons. The van der Waals surface area contributed by atoms with Crippen LogP contribution in [0.4, 0.5) is 4.79 Å². The fourth-order valence-electron chi connectivity index (χ4n) is 7.24. The third kappa shape index (κ3) is 3.90. The van der Waals surface area contributed by atoms with Gasteiger partial charge in [-0.2, -0.15) is 0 Å². The van der Waals surface area contributed by atoms with Crippen LogP contribution in [-0.2, 0) is 29.1 Å². The summed E-state index contributed by atoms with van der Waals surface area (Å²) in [5.74, 6) is 0.0548. The first-order valence-electron chi connectivity index (χ1n) is 14.6. The van der Waals surface area contributed by atoms with Gasteiger partial charge in [0.2, 0.25) is 0 Å². The molecule has 0 radical (unpaired) electrons. The van der Waals surface area contributed by atoms with E-state index >= 15 is 0 Å². The normalized spacial score (nSPS) is 18.8. The Bertz CT molecular complexity index is 1850. The number of alkyl carbamates (subject to hydrolysis) is 1. The summed E-state index contributed by atoms with van der Waals surface area (Å²) in [6, 6.07) is 16.8. The minimum absolute atomic E-state index is 0.00365. The van der Waals surface area contributed by atoms with Crippen molar-refractivity contribution in [1.29, 1.82) is 0 Å². The third-order valence-electron chi connectivity index (χ3n) is 9.03. The molecular formula is C32H33N5O4. The molecule has 1 fully saturated rings. The Kier molecular flexibility index (Phi) is 5.89. The number of nitrogens with one attached hydrogen (secondary N) is 2. The number of rotatable bonds is 6. The average molecular weight is 552 g/mol. The van der Waals surface area contributed by atoms with Crippen molar-refractivity contribution in [2.24, 2.45) is 5.92 Å². The predicted molar refractivity (Wildman–Crippen MR) is 158 cm³/mol. The number of carbonyl (C=O) groups excluding carboxylic acids is 2. The summed E-state index contributed by atoms with van der Waals surface area (Å²) in [4.78, 5) is 28.3. The standard InChI is InChI=1S/C32H33N5O4/c38-31-28-23(16-34-31)26-21-6-1-3-8-24(21)36-17-20(19-41-32(39)33-10-5-11-35-12-14-40-15-13-35)18-37-25-9-4-2-7-22(25)27(28)30(37)29(26)36/h1-4,6-9,20H,5,10-19H2,(H,33,39)(H,34,38). The van der Waals surface area contributed by atoms with Crippen molar-refractivity contribution in [3.05, 3.63) is 59.7 Å². The molecule has 3 aliphatic rings. The lowest BCUT2D eigenvalue weighted by atomic mass is 9.97. The SMILES string of the molecule is O=C(NCCCN1CCOCC1)OCC1Cn2c3ccccc3c3c4c(c5c6ccccc6n(c5c32)C1)C(=O)NC4. The number of para-hydroxylation sites is 2. The number of nitrogens with zero attached hydrogens (tertiary/aromatic N) is 3. The van der Waals surface area contributed by atoms with Crippen LogP contribution in [0, 0.1) is 5.92 Å². The Labute approximate surface area is 236 Å². The molecule has 1 atom stereocenters. The lowest BCUT2D eigenvalue weighted by Crippen LogP contribution is -2.38. The number of hydrogen-bond acceptors (Lipinski definition) is 5. The molecule has 8 rings (SSSR count). The van der Waals surface area contributed by atoms with Gasteiger partial charge in [-0.3, -0.25) is 9.69 Å². The van der Waals surface area contributed by atoms with Crippen molar-refractivity contribution in [1.82, 2.24) is 24.7 Å². The summed E-state index contributed by atoms with van der Waals surface area (Å²) in [5.41, 5.74) is 6.41. The fraction of sp³-hybridized carbons (Fsp3) is 0.375. The first-order valence-corrected chi connectivity index (χ1v) is 14.6. The zero-order valence-electron chi connectivity index (χ0n) is 22.9. The molecule has 2 amide bonds. The minimum Gasteiger partial charge on any atom is -0.449 e.